The van der Waals surface area contributed by atoms with E-state index in [0.29, 0.717) is 18.7 Å². The van der Waals surface area contributed by atoms with Crippen molar-refractivity contribution in [3.05, 3.63) is 64.7 Å². The predicted molar refractivity (Wildman–Crippen MR) is 101 cm³/mol. The molecular weight excluding hydrogens is 352 g/mol. The minimum absolute atomic E-state index is 0.161. The minimum atomic E-state index is -3.55. The number of hydrogen-bond acceptors (Lipinski definition) is 4. The van der Waals surface area contributed by atoms with Crippen LogP contribution >= 0.6 is 0 Å². The van der Waals surface area contributed by atoms with E-state index in [0.717, 1.165) is 16.7 Å². The molecule has 0 aliphatic rings. The monoisotopic (exact) mass is 376 g/mol. The van der Waals surface area contributed by atoms with Gasteiger partial charge in [-0.2, -0.15) is 0 Å². The second-order valence-electron chi connectivity index (χ2n) is 6.02. The van der Waals surface area contributed by atoms with Crippen LogP contribution in [0.2, 0.25) is 0 Å². The largest absolute Gasteiger partial charge is 0.383 e. The topological polar surface area (TPSA) is 84.5 Å². The Balaban J connectivity index is 1.96. The van der Waals surface area contributed by atoms with Crippen LogP contribution in [0.1, 0.15) is 27.0 Å². The van der Waals surface area contributed by atoms with E-state index >= 15 is 0 Å². The number of nitrogens with one attached hydrogen (secondary N) is 2. The van der Waals surface area contributed by atoms with Gasteiger partial charge in [-0.1, -0.05) is 18.2 Å². The summed E-state index contributed by atoms with van der Waals surface area (Å²) in [5.74, 6) is -0.161. The quantitative estimate of drug-likeness (QED) is 0.692. The SMILES string of the molecule is COCCNS(=O)(=O)c1ccc(CNC(=O)c2ccc(C)c(C)c2)cc1. The number of aryl methyl sites for hydroxylation is 2. The first-order valence-electron chi connectivity index (χ1n) is 8.26. The smallest absolute Gasteiger partial charge is 0.251 e. The highest BCUT2D eigenvalue weighted by Gasteiger charge is 2.13. The molecule has 0 spiro atoms. The van der Waals surface area contributed by atoms with Gasteiger partial charge in [0.1, 0.15) is 0 Å². The molecule has 0 aromatic heterocycles. The van der Waals surface area contributed by atoms with Crippen LogP contribution < -0.4 is 10.0 Å². The van der Waals surface area contributed by atoms with Crippen LogP contribution in [0.4, 0.5) is 0 Å². The maximum atomic E-state index is 12.2. The van der Waals surface area contributed by atoms with Crippen molar-refractivity contribution in [3.63, 3.8) is 0 Å². The molecule has 0 saturated carbocycles. The Morgan fingerprint density at radius 2 is 1.73 bits per heavy atom. The average Bonchev–Trinajstić information content (AvgIpc) is 2.62. The molecule has 2 N–H and O–H groups in total. The number of carbonyl (C=O) groups excluding carboxylic acids is 1. The summed E-state index contributed by atoms with van der Waals surface area (Å²) < 4.78 is 31.5. The lowest BCUT2D eigenvalue weighted by Crippen LogP contribution is -2.27. The molecule has 2 rings (SSSR count). The lowest BCUT2D eigenvalue weighted by atomic mass is 10.1. The standard InChI is InChI=1S/C19H24N2O4S/c1-14-4-7-17(12-15(14)2)19(22)20-13-16-5-8-18(9-6-16)26(23,24)21-10-11-25-3/h4-9,12,21H,10-11,13H2,1-3H3,(H,20,22). The van der Waals surface area contributed by atoms with Crippen molar-refractivity contribution in [1.82, 2.24) is 10.0 Å². The number of methoxy groups -OCH3 is 1. The number of rotatable bonds is 8. The number of ether oxygens (including phenoxy) is 1. The zero-order chi connectivity index (χ0) is 19.2. The van der Waals surface area contributed by atoms with Crippen molar-refractivity contribution >= 4 is 15.9 Å². The highest BCUT2D eigenvalue weighted by atomic mass is 32.2. The summed E-state index contributed by atoms with van der Waals surface area (Å²) in [5, 5.41) is 2.84. The molecule has 7 heteroatoms. The second-order valence-corrected chi connectivity index (χ2v) is 7.78. The summed E-state index contributed by atoms with van der Waals surface area (Å²) in [5.41, 5.74) is 3.62. The molecule has 6 nitrogen and oxygen atoms in total. The van der Waals surface area contributed by atoms with Crippen molar-refractivity contribution in [2.24, 2.45) is 0 Å². The van der Waals surface area contributed by atoms with Gasteiger partial charge >= 0.3 is 0 Å². The summed E-state index contributed by atoms with van der Waals surface area (Å²) in [6.45, 7) is 4.81. The number of carbonyl (C=O) groups is 1. The highest BCUT2D eigenvalue weighted by Crippen LogP contribution is 2.12. The van der Waals surface area contributed by atoms with Crippen LogP contribution in [0.25, 0.3) is 0 Å². The molecule has 0 heterocycles. The summed E-state index contributed by atoms with van der Waals surface area (Å²) >= 11 is 0. The van der Waals surface area contributed by atoms with Crippen molar-refractivity contribution in [1.29, 1.82) is 0 Å². The van der Waals surface area contributed by atoms with Crippen molar-refractivity contribution < 1.29 is 17.9 Å². The maximum absolute atomic E-state index is 12.2. The number of amides is 1. The van der Waals surface area contributed by atoms with Gasteiger partial charge in [0, 0.05) is 25.8 Å². The molecular formula is C19H24N2O4S. The van der Waals surface area contributed by atoms with Gasteiger partial charge in [-0.15, -0.1) is 0 Å². The van der Waals surface area contributed by atoms with Gasteiger partial charge in [0.25, 0.3) is 5.91 Å². The van der Waals surface area contributed by atoms with Gasteiger partial charge in [0.05, 0.1) is 11.5 Å². The first-order chi connectivity index (χ1) is 12.3. The summed E-state index contributed by atoms with van der Waals surface area (Å²) in [6, 6.07) is 12.0. The van der Waals surface area contributed by atoms with Gasteiger partial charge in [-0.25, -0.2) is 13.1 Å². The van der Waals surface area contributed by atoms with Crippen LogP contribution in [-0.4, -0.2) is 34.6 Å². The molecule has 0 atom stereocenters. The number of hydrogen-bond donors (Lipinski definition) is 2. The zero-order valence-electron chi connectivity index (χ0n) is 15.2. The van der Waals surface area contributed by atoms with Crippen LogP contribution in [0.5, 0.6) is 0 Å². The van der Waals surface area contributed by atoms with Crippen molar-refractivity contribution in [3.8, 4) is 0 Å². The zero-order valence-corrected chi connectivity index (χ0v) is 16.0. The van der Waals surface area contributed by atoms with Crippen LogP contribution in [0, 0.1) is 13.8 Å². The van der Waals surface area contributed by atoms with Gasteiger partial charge in [-0.05, 0) is 54.8 Å². The van der Waals surface area contributed by atoms with Gasteiger partial charge in [0.2, 0.25) is 10.0 Å². The fourth-order valence-electron chi connectivity index (χ4n) is 2.31. The van der Waals surface area contributed by atoms with Crippen LogP contribution in [0.3, 0.4) is 0 Å². The molecule has 2 aromatic rings. The van der Waals surface area contributed by atoms with Gasteiger partial charge < -0.3 is 10.1 Å². The Kier molecular flexibility index (Phi) is 6.90. The summed E-state index contributed by atoms with van der Waals surface area (Å²) in [7, 11) is -2.04. The molecule has 0 saturated heterocycles. The third-order valence-electron chi connectivity index (χ3n) is 4.05. The molecule has 1 amide bonds. The molecule has 0 aliphatic carbocycles. The minimum Gasteiger partial charge on any atom is -0.383 e. The van der Waals surface area contributed by atoms with Gasteiger partial charge in [0.15, 0.2) is 0 Å². The van der Waals surface area contributed by atoms with Crippen molar-refractivity contribution in [2.75, 3.05) is 20.3 Å². The van der Waals surface area contributed by atoms with E-state index in [9.17, 15) is 13.2 Å². The molecule has 140 valence electrons. The first kappa shape index (κ1) is 20.1. The number of sulfonamides is 1. The van der Waals surface area contributed by atoms with E-state index in [1.807, 2.05) is 26.0 Å². The van der Waals surface area contributed by atoms with E-state index in [1.165, 1.54) is 19.2 Å². The van der Waals surface area contributed by atoms with E-state index in [-0.39, 0.29) is 17.3 Å². The molecule has 0 fully saturated rings. The number of benzene rings is 2. The maximum Gasteiger partial charge on any atom is 0.251 e. The fourth-order valence-corrected chi connectivity index (χ4v) is 3.33. The Hall–Kier alpha value is -2.22. The Labute approximate surface area is 154 Å². The predicted octanol–water partition coefficient (Wildman–Crippen LogP) is 2.16. The molecule has 0 unspecified atom stereocenters. The Morgan fingerprint density at radius 1 is 1.04 bits per heavy atom. The normalized spacial score (nSPS) is 11.3. The molecule has 2 aromatic carbocycles. The van der Waals surface area contributed by atoms with Crippen LogP contribution in [0.15, 0.2) is 47.4 Å². The summed E-state index contributed by atoms with van der Waals surface area (Å²) in [6.07, 6.45) is 0. The third-order valence-corrected chi connectivity index (χ3v) is 5.53. The molecule has 0 radical (unpaired) electrons. The third kappa shape index (κ3) is 5.39. The van der Waals surface area contributed by atoms with Crippen molar-refractivity contribution in [2.45, 2.75) is 25.3 Å². The Bertz CT molecular complexity index is 862. The molecule has 0 bridgehead atoms. The lowest BCUT2D eigenvalue weighted by Gasteiger charge is -2.09. The Morgan fingerprint density at radius 3 is 2.35 bits per heavy atom. The van der Waals surface area contributed by atoms with E-state index in [1.54, 1.807) is 18.2 Å². The van der Waals surface area contributed by atoms with Crippen LogP contribution in [-0.2, 0) is 21.3 Å². The first-order valence-corrected chi connectivity index (χ1v) is 9.75. The van der Waals surface area contributed by atoms with Gasteiger partial charge in [-0.3, -0.25) is 4.79 Å². The summed E-state index contributed by atoms with van der Waals surface area (Å²) in [4.78, 5) is 12.4. The molecule has 26 heavy (non-hydrogen) atoms. The highest BCUT2D eigenvalue weighted by molar-refractivity contribution is 7.89. The molecule has 0 aliphatic heterocycles. The van der Waals surface area contributed by atoms with E-state index in [2.05, 4.69) is 10.0 Å². The average molecular weight is 376 g/mol. The van der Waals surface area contributed by atoms with E-state index < -0.39 is 10.0 Å². The lowest BCUT2D eigenvalue weighted by molar-refractivity contribution is 0.0951. The fraction of sp³-hybridized carbons (Fsp3) is 0.316. The van der Waals surface area contributed by atoms with E-state index in [4.69, 9.17) is 4.74 Å². The second kappa shape index (κ2) is 8.93.